The second kappa shape index (κ2) is 4.40. The summed E-state index contributed by atoms with van der Waals surface area (Å²) in [6, 6.07) is 26.2. The molecule has 0 bridgehead atoms. The van der Waals surface area contributed by atoms with Crippen LogP contribution in [0, 0.1) is 7.43 Å². The highest BCUT2D eigenvalue weighted by atomic mass is 14.0. The Morgan fingerprint density at radius 2 is 0.632 bits per heavy atom. The molecule has 0 aliphatic rings. The maximum absolute atomic E-state index is 2.27. The summed E-state index contributed by atoms with van der Waals surface area (Å²) in [7, 11) is 0. The van der Waals surface area contributed by atoms with E-state index >= 15 is 0 Å². The number of fused-ring (bicyclic) bond motifs is 3. The smallest absolute Gasteiger partial charge is 0 e. The second-order valence-corrected chi connectivity index (χ2v) is 4.75. The van der Waals surface area contributed by atoms with Crippen LogP contribution in [0.1, 0.15) is 0 Å². The molecule has 0 heterocycles. The molecule has 0 nitrogen and oxygen atoms in total. The van der Waals surface area contributed by atoms with Crippen LogP contribution >= 0.6 is 0 Å². The van der Waals surface area contributed by atoms with E-state index in [-0.39, 0.29) is 7.43 Å². The van der Waals surface area contributed by atoms with Crippen molar-refractivity contribution in [2.75, 3.05) is 0 Å². The van der Waals surface area contributed by atoms with Gasteiger partial charge in [0.2, 0.25) is 0 Å². The lowest BCUT2D eigenvalue weighted by molar-refractivity contribution is 1.77. The first-order valence-electron chi connectivity index (χ1n) is 6.21. The minimum absolute atomic E-state index is 0. The van der Waals surface area contributed by atoms with Gasteiger partial charge in [0.05, 0.1) is 0 Å². The van der Waals surface area contributed by atoms with Gasteiger partial charge >= 0.3 is 0 Å². The van der Waals surface area contributed by atoms with Gasteiger partial charge in [-0.15, -0.1) is 0 Å². The standard InChI is InChI=1S/C18H12.C/c1-2-6-14-10-18-12-16-8-4-3-7-15(16)11-17(18)9-13(14)5-1;/h1-12H;. The van der Waals surface area contributed by atoms with Crippen molar-refractivity contribution < 1.29 is 0 Å². The van der Waals surface area contributed by atoms with Crippen LogP contribution in [-0.2, 0) is 0 Å². The van der Waals surface area contributed by atoms with E-state index in [9.17, 15) is 0 Å². The molecule has 4 radical (unpaired) electrons. The fraction of sp³-hybridized carbons (Fsp3) is 0. The van der Waals surface area contributed by atoms with Crippen LogP contribution in [0.5, 0.6) is 0 Å². The zero-order valence-corrected chi connectivity index (χ0v) is 10.4. The number of hydrogen-bond acceptors (Lipinski definition) is 0. The maximum Gasteiger partial charge on any atom is 0 e. The first-order valence-corrected chi connectivity index (χ1v) is 6.21. The Morgan fingerprint density at radius 3 is 0.895 bits per heavy atom. The fourth-order valence-electron chi connectivity index (χ4n) is 2.63. The molecule has 0 N–H and O–H groups in total. The highest BCUT2D eigenvalue weighted by Gasteiger charge is 2.00. The summed E-state index contributed by atoms with van der Waals surface area (Å²) >= 11 is 0. The summed E-state index contributed by atoms with van der Waals surface area (Å²) < 4.78 is 0. The average Bonchev–Trinajstić information content (AvgIpc) is 2.42. The molecule has 4 aromatic carbocycles. The summed E-state index contributed by atoms with van der Waals surface area (Å²) in [4.78, 5) is 0. The molecule has 0 heteroatoms. The minimum Gasteiger partial charge on any atom is -0.0616 e. The first-order chi connectivity index (χ1) is 8.90. The van der Waals surface area contributed by atoms with Crippen LogP contribution in [0.4, 0.5) is 0 Å². The third-order valence-corrected chi connectivity index (χ3v) is 3.57. The molecule has 0 aliphatic carbocycles. The Hall–Kier alpha value is -2.34. The quantitative estimate of drug-likeness (QED) is 0.369. The average molecular weight is 240 g/mol. The van der Waals surface area contributed by atoms with Crippen molar-refractivity contribution in [2.24, 2.45) is 0 Å². The molecule has 4 aromatic rings. The highest BCUT2D eigenvalue weighted by molar-refractivity contribution is 6.04. The van der Waals surface area contributed by atoms with Gasteiger partial charge in [-0.25, -0.2) is 0 Å². The van der Waals surface area contributed by atoms with Gasteiger partial charge in [-0.05, 0) is 56.6 Å². The molecule has 0 atom stereocenters. The van der Waals surface area contributed by atoms with Crippen molar-refractivity contribution in [3.8, 4) is 0 Å². The molecule has 0 fully saturated rings. The minimum atomic E-state index is 0. The van der Waals surface area contributed by atoms with Gasteiger partial charge in [0.15, 0.2) is 0 Å². The van der Waals surface area contributed by atoms with Gasteiger partial charge in [-0.2, -0.15) is 0 Å². The maximum atomic E-state index is 2.27. The largest absolute Gasteiger partial charge is 0.0616 e. The molecule has 0 amide bonds. The zero-order valence-electron chi connectivity index (χ0n) is 10.4. The molecule has 0 saturated carbocycles. The molecule has 0 aromatic heterocycles. The van der Waals surface area contributed by atoms with Crippen molar-refractivity contribution in [1.82, 2.24) is 0 Å². The Bertz CT molecular complexity index is 728. The third kappa shape index (κ3) is 1.86. The van der Waals surface area contributed by atoms with E-state index in [1.165, 1.54) is 32.3 Å². The van der Waals surface area contributed by atoms with Crippen molar-refractivity contribution in [3.05, 3.63) is 80.2 Å². The van der Waals surface area contributed by atoms with Crippen LogP contribution in [0.15, 0.2) is 72.8 Å². The summed E-state index contributed by atoms with van der Waals surface area (Å²) in [5.74, 6) is 0. The zero-order chi connectivity index (χ0) is 11.9. The highest BCUT2D eigenvalue weighted by Crippen LogP contribution is 2.27. The molecule has 0 spiro atoms. The summed E-state index contributed by atoms with van der Waals surface area (Å²) in [6.07, 6.45) is 0. The lowest BCUT2D eigenvalue weighted by atomic mass is 10.00. The molecule has 19 heavy (non-hydrogen) atoms. The molecule has 4 rings (SSSR count). The number of benzene rings is 4. The van der Waals surface area contributed by atoms with E-state index in [4.69, 9.17) is 0 Å². The van der Waals surface area contributed by atoms with E-state index in [1.54, 1.807) is 0 Å². The molecule has 0 unspecified atom stereocenters. The van der Waals surface area contributed by atoms with E-state index in [2.05, 4.69) is 72.8 Å². The van der Waals surface area contributed by atoms with Gasteiger partial charge < -0.3 is 0 Å². The topological polar surface area (TPSA) is 0 Å². The van der Waals surface area contributed by atoms with Crippen LogP contribution in [0.2, 0.25) is 0 Å². The van der Waals surface area contributed by atoms with E-state index < -0.39 is 0 Å². The molecule has 0 saturated heterocycles. The predicted octanol–water partition coefficient (Wildman–Crippen LogP) is 5.23. The van der Waals surface area contributed by atoms with Crippen molar-refractivity contribution in [2.45, 2.75) is 0 Å². The molecule has 88 valence electrons. The number of hydrogen-bond donors (Lipinski definition) is 0. The van der Waals surface area contributed by atoms with Crippen molar-refractivity contribution in [1.29, 1.82) is 0 Å². The SMILES string of the molecule is [C].c1ccc2cc3cc4ccccc4cc3cc2c1. The van der Waals surface area contributed by atoms with Gasteiger partial charge in [-0.1, -0.05) is 48.5 Å². The molecule has 0 aliphatic heterocycles. The van der Waals surface area contributed by atoms with Crippen LogP contribution < -0.4 is 0 Å². The summed E-state index contributed by atoms with van der Waals surface area (Å²) in [5, 5.41) is 7.85. The lowest BCUT2D eigenvalue weighted by Gasteiger charge is -2.04. The Balaban J connectivity index is 0.00000110. The second-order valence-electron chi connectivity index (χ2n) is 4.75. The van der Waals surface area contributed by atoms with Gasteiger partial charge in [0, 0.05) is 7.43 Å². The van der Waals surface area contributed by atoms with Crippen LogP contribution in [0.3, 0.4) is 0 Å². The van der Waals surface area contributed by atoms with Crippen molar-refractivity contribution in [3.63, 3.8) is 0 Å². The summed E-state index contributed by atoms with van der Waals surface area (Å²) in [6.45, 7) is 0. The van der Waals surface area contributed by atoms with E-state index in [1.807, 2.05) is 0 Å². The Labute approximate surface area is 113 Å². The van der Waals surface area contributed by atoms with Gasteiger partial charge in [-0.3, -0.25) is 0 Å². The van der Waals surface area contributed by atoms with Gasteiger partial charge in [0.25, 0.3) is 0 Å². The van der Waals surface area contributed by atoms with E-state index in [0.717, 1.165) is 0 Å². The Kier molecular flexibility index (Phi) is 2.72. The monoisotopic (exact) mass is 240 g/mol. The lowest BCUT2D eigenvalue weighted by Crippen LogP contribution is -1.78. The van der Waals surface area contributed by atoms with Crippen LogP contribution in [-0.4, -0.2) is 0 Å². The van der Waals surface area contributed by atoms with Gasteiger partial charge in [0.1, 0.15) is 0 Å². The molecular formula is C19H12. The Morgan fingerprint density at radius 1 is 0.368 bits per heavy atom. The number of rotatable bonds is 0. The van der Waals surface area contributed by atoms with Crippen LogP contribution in [0.25, 0.3) is 32.3 Å². The normalized spacial score (nSPS) is 10.7. The fourth-order valence-corrected chi connectivity index (χ4v) is 2.63. The first kappa shape index (κ1) is 11.7. The third-order valence-electron chi connectivity index (χ3n) is 3.57. The summed E-state index contributed by atoms with van der Waals surface area (Å²) in [5.41, 5.74) is 0. The predicted molar refractivity (Wildman–Crippen MR) is 82.2 cm³/mol. The van der Waals surface area contributed by atoms with Crippen molar-refractivity contribution >= 4 is 32.3 Å². The molecular weight excluding hydrogens is 228 g/mol. The van der Waals surface area contributed by atoms with E-state index in [0.29, 0.717) is 0 Å².